The third-order valence-electron chi connectivity index (χ3n) is 5.26. The fraction of sp³-hybridized carbons (Fsp3) is 0.500. The summed E-state index contributed by atoms with van der Waals surface area (Å²) in [5.41, 5.74) is 10.2. The summed E-state index contributed by atoms with van der Waals surface area (Å²) in [6.07, 6.45) is 6.25. The molecule has 0 spiro atoms. The first-order valence-corrected chi connectivity index (χ1v) is 9.06. The van der Waals surface area contributed by atoms with Crippen LogP contribution in [-0.4, -0.2) is 29.1 Å². The van der Waals surface area contributed by atoms with Gasteiger partial charge in [0.05, 0.1) is 18.7 Å². The Morgan fingerprint density at radius 1 is 1.28 bits per heavy atom. The lowest BCUT2D eigenvalue weighted by Gasteiger charge is -2.26. The van der Waals surface area contributed by atoms with Gasteiger partial charge >= 0.3 is 0 Å². The van der Waals surface area contributed by atoms with Crippen molar-refractivity contribution in [2.75, 3.05) is 7.11 Å². The number of carbonyl (C=O) groups is 1. The van der Waals surface area contributed by atoms with E-state index in [2.05, 4.69) is 10.2 Å². The summed E-state index contributed by atoms with van der Waals surface area (Å²) >= 11 is 0. The van der Waals surface area contributed by atoms with Gasteiger partial charge in [0.1, 0.15) is 0 Å². The first kappa shape index (κ1) is 17.7. The summed E-state index contributed by atoms with van der Waals surface area (Å²) in [5.74, 6) is 1.09. The lowest BCUT2D eigenvalue weighted by molar-refractivity contribution is -0.121. The number of ketones is 1. The van der Waals surface area contributed by atoms with Crippen molar-refractivity contribution in [2.45, 2.75) is 51.5 Å². The average molecular weight is 341 g/mol. The zero-order valence-corrected chi connectivity index (χ0v) is 15.0. The molecular weight excluding hydrogens is 314 g/mol. The van der Waals surface area contributed by atoms with E-state index in [1.807, 2.05) is 31.2 Å². The topological polar surface area (TPSA) is 81.0 Å². The largest absolute Gasteiger partial charge is 0.479 e. The predicted octanol–water partition coefficient (Wildman–Crippen LogP) is 3.41. The van der Waals surface area contributed by atoms with Gasteiger partial charge < -0.3 is 10.5 Å². The van der Waals surface area contributed by atoms with E-state index in [1.54, 1.807) is 7.11 Å². The fourth-order valence-corrected chi connectivity index (χ4v) is 3.76. The van der Waals surface area contributed by atoms with Gasteiger partial charge in [-0.25, -0.2) is 0 Å². The van der Waals surface area contributed by atoms with E-state index in [0.717, 1.165) is 35.2 Å². The number of hydrogen-bond acceptors (Lipinski definition) is 4. The van der Waals surface area contributed by atoms with Gasteiger partial charge in [-0.05, 0) is 36.8 Å². The van der Waals surface area contributed by atoms with Crippen LogP contribution >= 0.6 is 0 Å². The second-order valence-corrected chi connectivity index (χ2v) is 7.00. The molecule has 0 radical (unpaired) electrons. The second kappa shape index (κ2) is 7.83. The number of methoxy groups -OCH3 is 1. The Morgan fingerprint density at radius 3 is 2.60 bits per heavy atom. The number of H-pyrrole nitrogens is 1. The van der Waals surface area contributed by atoms with E-state index in [1.165, 1.54) is 19.3 Å². The molecule has 1 heterocycles. The summed E-state index contributed by atoms with van der Waals surface area (Å²) in [5, 5.41) is 7.08. The average Bonchev–Trinajstić information content (AvgIpc) is 3.03. The summed E-state index contributed by atoms with van der Waals surface area (Å²) in [7, 11) is 1.61. The number of hydrogen-bond donors (Lipinski definition) is 2. The highest BCUT2D eigenvalue weighted by atomic mass is 16.5. The van der Waals surface area contributed by atoms with Gasteiger partial charge in [-0.15, -0.1) is 5.10 Å². The molecule has 1 atom stereocenters. The number of benzene rings is 1. The van der Waals surface area contributed by atoms with Gasteiger partial charge in [0.15, 0.2) is 5.78 Å². The predicted molar refractivity (Wildman–Crippen MR) is 98.6 cm³/mol. The van der Waals surface area contributed by atoms with Crippen LogP contribution in [0.4, 0.5) is 0 Å². The molecule has 0 amide bonds. The molecule has 3 rings (SSSR count). The fourth-order valence-electron chi connectivity index (χ4n) is 3.76. The standard InChI is InChI=1S/C20H27N3O2/c1-13-18(20(25-2)23-22-13)15-10-8-14(9-11-15)12-17(24)19(21)16-6-4-3-5-7-16/h8-11,16,19H,3-7,12,21H2,1-2H3,(H,22,23)/t19-/m0/s1. The Morgan fingerprint density at radius 2 is 1.96 bits per heavy atom. The summed E-state index contributed by atoms with van der Waals surface area (Å²) in [6, 6.07) is 7.68. The second-order valence-electron chi connectivity index (χ2n) is 7.00. The van der Waals surface area contributed by atoms with Crippen LogP contribution in [-0.2, 0) is 11.2 Å². The summed E-state index contributed by atoms with van der Waals surface area (Å²) < 4.78 is 5.30. The molecule has 5 heteroatoms. The molecule has 3 N–H and O–H groups in total. The smallest absolute Gasteiger partial charge is 0.240 e. The Bertz CT molecular complexity index is 715. The number of carbonyl (C=O) groups excluding carboxylic acids is 1. The van der Waals surface area contributed by atoms with Crippen LogP contribution < -0.4 is 10.5 Å². The minimum absolute atomic E-state index is 0.150. The van der Waals surface area contributed by atoms with Crippen molar-refractivity contribution in [2.24, 2.45) is 11.7 Å². The van der Waals surface area contributed by atoms with E-state index in [4.69, 9.17) is 10.5 Å². The maximum absolute atomic E-state index is 12.5. The van der Waals surface area contributed by atoms with Crippen LogP contribution in [0.5, 0.6) is 5.88 Å². The maximum atomic E-state index is 12.5. The first-order chi connectivity index (χ1) is 12.1. The monoisotopic (exact) mass is 341 g/mol. The van der Waals surface area contributed by atoms with Crippen molar-refractivity contribution in [3.63, 3.8) is 0 Å². The maximum Gasteiger partial charge on any atom is 0.240 e. The molecule has 0 aliphatic heterocycles. The minimum atomic E-state index is -0.323. The molecule has 134 valence electrons. The Hall–Kier alpha value is -2.14. The number of aromatic amines is 1. The quantitative estimate of drug-likeness (QED) is 0.843. The van der Waals surface area contributed by atoms with E-state index >= 15 is 0 Å². The number of nitrogens with one attached hydrogen (secondary N) is 1. The number of nitrogens with two attached hydrogens (primary N) is 1. The molecule has 1 aromatic carbocycles. The number of aryl methyl sites for hydroxylation is 1. The molecule has 2 aromatic rings. The highest BCUT2D eigenvalue weighted by Gasteiger charge is 2.26. The van der Waals surface area contributed by atoms with Gasteiger partial charge in [-0.1, -0.05) is 43.5 Å². The minimum Gasteiger partial charge on any atom is -0.479 e. The van der Waals surface area contributed by atoms with Gasteiger partial charge in [-0.3, -0.25) is 9.89 Å². The van der Waals surface area contributed by atoms with Crippen LogP contribution in [0.2, 0.25) is 0 Å². The number of Topliss-reactive ketones (excluding diaryl/α,β-unsaturated/α-hetero) is 1. The Labute approximate surface area is 149 Å². The van der Waals surface area contributed by atoms with E-state index in [0.29, 0.717) is 18.2 Å². The van der Waals surface area contributed by atoms with Crippen molar-refractivity contribution < 1.29 is 9.53 Å². The van der Waals surface area contributed by atoms with Gasteiger partial charge in [0.2, 0.25) is 5.88 Å². The zero-order valence-electron chi connectivity index (χ0n) is 15.0. The van der Waals surface area contributed by atoms with Crippen molar-refractivity contribution in [1.82, 2.24) is 10.2 Å². The van der Waals surface area contributed by atoms with Gasteiger partial charge in [-0.2, -0.15) is 0 Å². The molecule has 25 heavy (non-hydrogen) atoms. The van der Waals surface area contributed by atoms with E-state index < -0.39 is 0 Å². The molecule has 1 aliphatic rings. The molecule has 1 saturated carbocycles. The summed E-state index contributed by atoms with van der Waals surface area (Å²) in [4.78, 5) is 12.5. The Kier molecular flexibility index (Phi) is 5.53. The number of ether oxygens (including phenoxy) is 1. The van der Waals surface area contributed by atoms with Gasteiger partial charge in [0.25, 0.3) is 0 Å². The van der Waals surface area contributed by atoms with Crippen LogP contribution in [0, 0.1) is 12.8 Å². The SMILES string of the molecule is COc1n[nH]c(C)c1-c1ccc(CC(=O)[C@@H](N)C2CCCCC2)cc1. The highest BCUT2D eigenvalue weighted by molar-refractivity contribution is 5.86. The van der Waals surface area contributed by atoms with Crippen molar-refractivity contribution in [1.29, 1.82) is 0 Å². The molecule has 1 fully saturated rings. The zero-order chi connectivity index (χ0) is 17.8. The lowest BCUT2D eigenvalue weighted by atomic mass is 9.81. The normalized spacial score (nSPS) is 16.6. The molecule has 1 aliphatic carbocycles. The summed E-state index contributed by atoms with van der Waals surface area (Å²) in [6.45, 7) is 1.96. The van der Waals surface area contributed by atoms with Crippen LogP contribution in [0.1, 0.15) is 43.4 Å². The van der Waals surface area contributed by atoms with Crippen molar-refractivity contribution >= 4 is 5.78 Å². The lowest BCUT2D eigenvalue weighted by Crippen LogP contribution is -2.40. The Balaban J connectivity index is 1.68. The number of rotatable bonds is 6. The van der Waals surface area contributed by atoms with Gasteiger partial charge in [0, 0.05) is 12.1 Å². The molecule has 0 bridgehead atoms. The molecule has 1 aromatic heterocycles. The third-order valence-corrected chi connectivity index (χ3v) is 5.26. The van der Waals surface area contributed by atoms with E-state index in [9.17, 15) is 4.79 Å². The number of nitrogens with zero attached hydrogens (tertiary/aromatic N) is 1. The third kappa shape index (κ3) is 3.93. The highest BCUT2D eigenvalue weighted by Crippen LogP contribution is 2.31. The molecule has 0 saturated heterocycles. The molecule has 5 nitrogen and oxygen atoms in total. The molecule has 0 unspecified atom stereocenters. The van der Waals surface area contributed by atoms with Crippen molar-refractivity contribution in [3.8, 4) is 17.0 Å². The number of aromatic nitrogens is 2. The van der Waals surface area contributed by atoms with Crippen molar-refractivity contribution in [3.05, 3.63) is 35.5 Å². The molecular formula is C20H27N3O2. The van der Waals surface area contributed by atoms with E-state index in [-0.39, 0.29) is 11.8 Å². The van der Waals surface area contributed by atoms with Crippen LogP contribution in [0.3, 0.4) is 0 Å². The van der Waals surface area contributed by atoms with Crippen LogP contribution in [0.25, 0.3) is 11.1 Å². The van der Waals surface area contributed by atoms with Crippen LogP contribution in [0.15, 0.2) is 24.3 Å². The first-order valence-electron chi connectivity index (χ1n) is 9.06.